The molecule has 1 aliphatic heterocycles. The van der Waals surface area contributed by atoms with Crippen LogP contribution < -0.4 is 5.32 Å². The van der Waals surface area contributed by atoms with E-state index in [0.717, 1.165) is 27.9 Å². The summed E-state index contributed by atoms with van der Waals surface area (Å²) in [5.41, 5.74) is 5.75. The molecule has 0 aromatic carbocycles. The molecule has 0 saturated carbocycles. The number of hydrogen-bond acceptors (Lipinski definition) is 3. The molecule has 1 aliphatic rings. The van der Waals surface area contributed by atoms with Crippen LogP contribution in [0.1, 0.15) is 54.1 Å². The van der Waals surface area contributed by atoms with Gasteiger partial charge in [-0.05, 0) is 82.2 Å². The molecule has 6 heteroatoms. The lowest BCUT2D eigenvalue weighted by Gasteiger charge is -2.31. The first-order valence-corrected chi connectivity index (χ1v) is 10.4. The normalized spacial score (nSPS) is 19.1. The van der Waals surface area contributed by atoms with Crippen molar-refractivity contribution in [2.24, 2.45) is 0 Å². The average molecular weight is 406 g/mol. The van der Waals surface area contributed by atoms with E-state index < -0.39 is 0 Å². The highest BCUT2D eigenvalue weighted by atomic mass is 32.1. The molecule has 150 valence electrons. The monoisotopic (exact) mass is 405 g/mol. The van der Waals surface area contributed by atoms with Crippen molar-refractivity contribution in [1.29, 1.82) is 0 Å². The fourth-order valence-electron chi connectivity index (χ4n) is 4.29. The van der Waals surface area contributed by atoms with E-state index in [9.17, 15) is 0 Å². The number of aryl methyl sites for hydroxylation is 2. The molecule has 0 spiro atoms. The van der Waals surface area contributed by atoms with Crippen molar-refractivity contribution in [2.75, 3.05) is 0 Å². The Hall–Kier alpha value is -2.73. The van der Waals surface area contributed by atoms with Crippen LogP contribution in [0.2, 0.25) is 0 Å². The Kier molecular flexibility index (Phi) is 5.13. The van der Waals surface area contributed by atoms with E-state index in [1.165, 1.54) is 11.3 Å². The van der Waals surface area contributed by atoms with Gasteiger partial charge in [-0.15, -0.1) is 0 Å². The first-order valence-electron chi connectivity index (χ1n) is 10.00. The zero-order valence-electron chi connectivity index (χ0n) is 17.5. The third kappa shape index (κ3) is 3.42. The average Bonchev–Trinajstić information content (AvgIpc) is 3.19. The van der Waals surface area contributed by atoms with Gasteiger partial charge in [0.2, 0.25) is 0 Å². The Labute approximate surface area is 177 Å². The van der Waals surface area contributed by atoms with Crippen molar-refractivity contribution < 1.29 is 0 Å². The molecule has 0 unspecified atom stereocenters. The summed E-state index contributed by atoms with van der Waals surface area (Å²) < 4.78 is 2.23. The maximum Gasteiger partial charge on any atom is 0.170 e. The van der Waals surface area contributed by atoms with Gasteiger partial charge in [0.1, 0.15) is 5.82 Å². The third-order valence-electron chi connectivity index (χ3n) is 5.61. The number of nitrogens with one attached hydrogen (secondary N) is 1. The SMILES string of the molecule is Cc1ccc(-n2c(C)cc([C@@H]3[C@@H](c4ccccn4)NC(=S)N3C(C)C)c2C)nc1. The minimum atomic E-state index is 0.00558. The Morgan fingerprint density at radius 1 is 1.07 bits per heavy atom. The lowest BCUT2D eigenvalue weighted by atomic mass is 9.96. The van der Waals surface area contributed by atoms with Crippen LogP contribution in [-0.2, 0) is 0 Å². The van der Waals surface area contributed by atoms with Crippen molar-refractivity contribution in [3.05, 3.63) is 77.0 Å². The lowest BCUT2D eigenvalue weighted by molar-refractivity contribution is 0.269. The zero-order valence-corrected chi connectivity index (χ0v) is 18.4. The van der Waals surface area contributed by atoms with Crippen LogP contribution in [0.5, 0.6) is 0 Å². The number of thiocarbonyl (C=S) groups is 1. The first-order chi connectivity index (χ1) is 13.9. The van der Waals surface area contributed by atoms with Crippen molar-refractivity contribution in [3.63, 3.8) is 0 Å². The van der Waals surface area contributed by atoms with Gasteiger partial charge in [-0.3, -0.25) is 4.98 Å². The summed E-state index contributed by atoms with van der Waals surface area (Å²) in [5, 5.41) is 4.30. The van der Waals surface area contributed by atoms with Crippen molar-refractivity contribution >= 4 is 17.3 Å². The Morgan fingerprint density at radius 2 is 1.86 bits per heavy atom. The molecule has 4 heterocycles. The topological polar surface area (TPSA) is 46.0 Å². The van der Waals surface area contributed by atoms with Crippen molar-refractivity contribution in [2.45, 2.75) is 52.7 Å². The molecule has 5 nitrogen and oxygen atoms in total. The van der Waals surface area contributed by atoms with Crippen LogP contribution in [0.3, 0.4) is 0 Å². The van der Waals surface area contributed by atoms with E-state index in [1.807, 2.05) is 24.5 Å². The van der Waals surface area contributed by atoms with E-state index in [0.29, 0.717) is 0 Å². The second kappa shape index (κ2) is 7.59. The number of hydrogen-bond donors (Lipinski definition) is 1. The molecule has 0 bridgehead atoms. The van der Waals surface area contributed by atoms with Crippen molar-refractivity contribution in [3.8, 4) is 5.82 Å². The van der Waals surface area contributed by atoms with Crippen LogP contribution in [0.15, 0.2) is 48.8 Å². The van der Waals surface area contributed by atoms with Gasteiger partial charge in [-0.2, -0.15) is 0 Å². The number of aromatic nitrogens is 3. The van der Waals surface area contributed by atoms with E-state index in [2.05, 4.69) is 83.6 Å². The molecular formula is C23H27N5S. The molecular weight excluding hydrogens is 378 g/mol. The minimum absolute atomic E-state index is 0.00558. The standard InChI is InChI=1S/C23H27N5S/c1-14(2)27-22(21(26-23(27)29)19-8-6-7-11-24-19)18-12-16(4)28(17(18)5)20-10-9-15(3)13-25-20/h6-14,21-22H,1-5H3,(H,26,29)/t21-,22-/m1/s1. The Bertz CT molecular complexity index is 1020. The van der Waals surface area contributed by atoms with Gasteiger partial charge >= 0.3 is 0 Å². The Morgan fingerprint density at radius 3 is 2.48 bits per heavy atom. The number of pyridine rings is 2. The summed E-state index contributed by atoms with van der Waals surface area (Å²) in [6.07, 6.45) is 3.76. The van der Waals surface area contributed by atoms with Crippen LogP contribution in [0.25, 0.3) is 5.82 Å². The largest absolute Gasteiger partial charge is 0.352 e. The summed E-state index contributed by atoms with van der Waals surface area (Å²) >= 11 is 5.73. The molecule has 29 heavy (non-hydrogen) atoms. The first kappa shape index (κ1) is 19.6. The molecule has 1 N–H and O–H groups in total. The van der Waals surface area contributed by atoms with E-state index in [-0.39, 0.29) is 18.1 Å². The highest BCUT2D eigenvalue weighted by Crippen LogP contribution is 2.42. The van der Waals surface area contributed by atoms with Gasteiger partial charge in [0.05, 0.1) is 17.8 Å². The lowest BCUT2D eigenvalue weighted by Crippen LogP contribution is -2.35. The fraction of sp³-hybridized carbons (Fsp3) is 0.348. The summed E-state index contributed by atoms with van der Waals surface area (Å²) in [4.78, 5) is 11.6. The van der Waals surface area contributed by atoms with Crippen LogP contribution in [0, 0.1) is 20.8 Å². The predicted octanol–water partition coefficient (Wildman–Crippen LogP) is 4.57. The second-order valence-electron chi connectivity index (χ2n) is 7.98. The van der Waals surface area contributed by atoms with E-state index in [4.69, 9.17) is 12.2 Å². The van der Waals surface area contributed by atoms with Crippen molar-refractivity contribution in [1.82, 2.24) is 24.8 Å². The van der Waals surface area contributed by atoms with E-state index in [1.54, 1.807) is 0 Å². The van der Waals surface area contributed by atoms with Gasteiger partial charge in [0.25, 0.3) is 0 Å². The minimum Gasteiger partial charge on any atom is -0.352 e. The predicted molar refractivity (Wildman–Crippen MR) is 120 cm³/mol. The van der Waals surface area contributed by atoms with Crippen LogP contribution in [-0.4, -0.2) is 30.6 Å². The maximum absolute atomic E-state index is 5.73. The molecule has 0 aliphatic carbocycles. The number of nitrogens with zero attached hydrogens (tertiary/aromatic N) is 4. The molecule has 1 saturated heterocycles. The molecule has 1 fully saturated rings. The molecule has 0 radical (unpaired) electrons. The molecule has 3 aromatic rings. The fourth-order valence-corrected chi connectivity index (χ4v) is 4.74. The highest BCUT2D eigenvalue weighted by Gasteiger charge is 2.42. The third-order valence-corrected chi connectivity index (χ3v) is 5.93. The van der Waals surface area contributed by atoms with Gasteiger partial charge < -0.3 is 14.8 Å². The highest BCUT2D eigenvalue weighted by molar-refractivity contribution is 7.80. The smallest absolute Gasteiger partial charge is 0.170 e. The van der Waals surface area contributed by atoms with Gasteiger partial charge in [0.15, 0.2) is 5.11 Å². The van der Waals surface area contributed by atoms with Gasteiger partial charge in [-0.1, -0.05) is 12.1 Å². The quantitative estimate of drug-likeness (QED) is 0.644. The summed E-state index contributed by atoms with van der Waals surface area (Å²) in [6.45, 7) is 10.7. The molecule has 2 atom stereocenters. The van der Waals surface area contributed by atoms with Crippen LogP contribution in [0.4, 0.5) is 0 Å². The molecule has 0 amide bonds. The second-order valence-corrected chi connectivity index (χ2v) is 8.37. The zero-order chi connectivity index (χ0) is 20.7. The molecule has 4 rings (SSSR count). The summed E-state index contributed by atoms with van der Waals surface area (Å²) in [7, 11) is 0. The van der Waals surface area contributed by atoms with Crippen LogP contribution >= 0.6 is 12.2 Å². The Balaban J connectivity index is 1.85. The van der Waals surface area contributed by atoms with Gasteiger partial charge in [-0.25, -0.2) is 4.98 Å². The van der Waals surface area contributed by atoms with E-state index >= 15 is 0 Å². The number of rotatable bonds is 4. The molecule has 3 aromatic heterocycles. The van der Waals surface area contributed by atoms with Gasteiger partial charge in [0, 0.05) is 29.8 Å². The summed E-state index contributed by atoms with van der Waals surface area (Å²) in [6, 6.07) is 12.8. The maximum atomic E-state index is 5.73. The summed E-state index contributed by atoms with van der Waals surface area (Å²) in [5.74, 6) is 0.941.